The van der Waals surface area contributed by atoms with Crippen molar-refractivity contribution in [2.24, 2.45) is 0 Å². The Morgan fingerprint density at radius 2 is 1.33 bits per heavy atom. The predicted octanol–water partition coefficient (Wildman–Crippen LogP) is -1.58. The fourth-order valence-corrected chi connectivity index (χ4v) is 0.878. The molecule has 0 aromatic carbocycles. The van der Waals surface area contributed by atoms with Crippen LogP contribution in [0.1, 0.15) is 1.43 Å². The minimum absolute atomic E-state index is 0. The van der Waals surface area contributed by atoms with Gasteiger partial charge in [-0.1, -0.05) is 0 Å². The molecule has 0 rings (SSSR count). The molecule has 0 aliphatic carbocycles. The number of hydrogen-bond acceptors (Lipinski definition) is 3. The monoisotopic (exact) mass is 256 g/mol. The Labute approximate surface area is 93.2 Å². The Morgan fingerprint density at radius 1 is 1.07 bits per heavy atom. The van der Waals surface area contributed by atoms with Crippen molar-refractivity contribution < 1.29 is 63.8 Å². The third-order valence-corrected chi connectivity index (χ3v) is 1.25. The summed E-state index contributed by atoms with van der Waals surface area (Å²) >= 11 is 0. The van der Waals surface area contributed by atoms with Crippen molar-refractivity contribution in [2.45, 2.75) is 18.5 Å². The molecule has 0 fully saturated rings. The molecule has 1 N–H and O–H groups in total. The molecule has 12 heteroatoms. The third kappa shape index (κ3) is 7.02. The van der Waals surface area contributed by atoms with Crippen LogP contribution < -0.4 is 18.9 Å². The molecule has 0 spiro atoms. The van der Waals surface area contributed by atoms with Gasteiger partial charge in [0.25, 0.3) is 6.10 Å². The fourth-order valence-electron chi connectivity index (χ4n) is 0.416. The average Bonchev–Trinajstić information content (AvgIpc) is 1.75. The summed E-state index contributed by atoms with van der Waals surface area (Å²) in [6.07, 6.45) is -16.5. The van der Waals surface area contributed by atoms with Gasteiger partial charge in [-0.3, -0.25) is 4.55 Å². The molecule has 0 heterocycles. The molecule has 15 heavy (non-hydrogen) atoms. The second-order valence-electron chi connectivity index (χ2n) is 1.99. The van der Waals surface area contributed by atoms with E-state index in [-0.39, 0.29) is 20.3 Å². The largest absolute Gasteiger partial charge is 1.00 e. The van der Waals surface area contributed by atoms with Crippen molar-refractivity contribution in [3.63, 3.8) is 0 Å². The molecule has 0 radical (unpaired) electrons. The first-order valence-corrected chi connectivity index (χ1v) is 3.99. The molecule has 0 atom stereocenters. The molecule has 4 nitrogen and oxygen atoms in total. The zero-order valence-corrected chi connectivity index (χ0v) is 7.74. The summed E-state index contributed by atoms with van der Waals surface area (Å²) in [5.74, 6) is 0. The van der Waals surface area contributed by atoms with Crippen molar-refractivity contribution >= 4 is 10.4 Å². The van der Waals surface area contributed by atoms with Crippen LogP contribution in [0.25, 0.3) is 0 Å². The van der Waals surface area contributed by atoms with E-state index >= 15 is 0 Å². The maximum absolute atomic E-state index is 11.5. The van der Waals surface area contributed by atoms with Crippen LogP contribution in [0, 0.1) is 0 Å². The number of hydrogen-bond donors (Lipinski definition) is 1. The molecule has 0 amide bonds. The van der Waals surface area contributed by atoms with E-state index in [2.05, 4.69) is 4.18 Å². The van der Waals surface area contributed by atoms with E-state index in [1.807, 2.05) is 0 Å². The molecule has 0 aromatic heterocycles. The Kier molecular flexibility index (Phi) is 5.72. The smallest absolute Gasteiger partial charge is 1.00 e. The second kappa shape index (κ2) is 4.92. The Bertz CT molecular complexity index is 284. The van der Waals surface area contributed by atoms with Crippen molar-refractivity contribution in [3.05, 3.63) is 0 Å². The molecule has 0 aliphatic heterocycles. The predicted molar refractivity (Wildman–Crippen MR) is 29.6 cm³/mol. The van der Waals surface area contributed by atoms with Gasteiger partial charge in [-0.25, -0.2) is 4.18 Å². The van der Waals surface area contributed by atoms with E-state index < -0.39 is 28.9 Å². The van der Waals surface area contributed by atoms with Gasteiger partial charge in [-0.2, -0.15) is 34.8 Å². The molecule has 0 unspecified atom stereocenters. The van der Waals surface area contributed by atoms with E-state index in [1.54, 1.807) is 0 Å². The van der Waals surface area contributed by atoms with Crippen LogP contribution in [0.5, 0.6) is 0 Å². The maximum Gasteiger partial charge on any atom is 1.00 e. The fraction of sp³-hybridized carbons (Fsp3) is 1.00. The van der Waals surface area contributed by atoms with Gasteiger partial charge in [0.15, 0.2) is 0 Å². The van der Waals surface area contributed by atoms with Crippen LogP contribution in [0.4, 0.5) is 26.3 Å². The van der Waals surface area contributed by atoms with Crippen molar-refractivity contribution in [2.75, 3.05) is 0 Å². The summed E-state index contributed by atoms with van der Waals surface area (Å²) in [7, 11) is -5.83. The normalized spacial score (nSPS) is 13.9. The van der Waals surface area contributed by atoms with Gasteiger partial charge < -0.3 is 1.43 Å². The van der Waals surface area contributed by atoms with E-state index in [0.29, 0.717) is 0 Å². The summed E-state index contributed by atoms with van der Waals surface area (Å²) in [5.41, 5.74) is 0. The van der Waals surface area contributed by atoms with E-state index in [9.17, 15) is 34.8 Å². The first-order chi connectivity index (χ1) is 5.84. The summed E-state index contributed by atoms with van der Waals surface area (Å²) in [5, 5.41) is 0. The molecule has 0 aliphatic rings. The molecule has 0 aromatic rings. The van der Waals surface area contributed by atoms with Crippen LogP contribution in [-0.2, 0) is 14.6 Å². The summed E-state index contributed by atoms with van der Waals surface area (Å²) in [6.45, 7) is 0. The molecule has 0 bridgehead atoms. The zero-order valence-electron chi connectivity index (χ0n) is 7.93. The van der Waals surface area contributed by atoms with Gasteiger partial charge in [-0.05, 0) is 0 Å². The zero-order chi connectivity index (χ0) is 11.8. The van der Waals surface area contributed by atoms with E-state index in [4.69, 9.17) is 4.55 Å². The van der Waals surface area contributed by atoms with Crippen LogP contribution in [0.2, 0.25) is 0 Å². The third-order valence-electron chi connectivity index (χ3n) is 0.812. The van der Waals surface area contributed by atoms with E-state index in [0.717, 1.165) is 0 Å². The maximum atomic E-state index is 11.5. The molecule has 0 saturated carbocycles. The minimum atomic E-state index is -5.98. The number of alkyl halides is 6. The topological polar surface area (TPSA) is 63.6 Å². The Balaban J connectivity index is -0.000000845. The van der Waals surface area contributed by atoms with Crippen molar-refractivity contribution in [3.8, 4) is 0 Å². The van der Waals surface area contributed by atoms with Gasteiger partial charge in [0.2, 0.25) is 0 Å². The van der Waals surface area contributed by atoms with Crippen LogP contribution in [-0.4, -0.2) is 31.4 Å². The van der Waals surface area contributed by atoms with Gasteiger partial charge in [0.1, 0.15) is 0 Å². The number of rotatable bonds is 2. The minimum Gasteiger partial charge on any atom is -1.00 e. The molecular formula is C3H3F6LiO4S. The van der Waals surface area contributed by atoms with Crippen LogP contribution in [0.3, 0.4) is 0 Å². The number of halogens is 6. The summed E-state index contributed by atoms with van der Waals surface area (Å²) < 4.78 is 98.6. The molecule has 0 saturated heterocycles. The Hall–Kier alpha value is 0.0474. The standard InChI is InChI=1S/C3H2F6O4S.Li.H/c4-2(5,6)1(3(7,8)9)13-14(10,11)12;;/h1H,(H,10,11,12);;/q;+1;-1. The van der Waals surface area contributed by atoms with Gasteiger partial charge >= 0.3 is 41.6 Å². The summed E-state index contributed by atoms with van der Waals surface area (Å²) in [4.78, 5) is 0. The van der Waals surface area contributed by atoms with Crippen molar-refractivity contribution in [1.82, 2.24) is 0 Å². The van der Waals surface area contributed by atoms with Gasteiger partial charge in [-0.15, -0.1) is 0 Å². The van der Waals surface area contributed by atoms with Crippen LogP contribution in [0.15, 0.2) is 0 Å². The van der Waals surface area contributed by atoms with Gasteiger partial charge in [0.05, 0.1) is 0 Å². The van der Waals surface area contributed by atoms with E-state index in [1.165, 1.54) is 0 Å². The van der Waals surface area contributed by atoms with Crippen molar-refractivity contribution in [1.29, 1.82) is 0 Å². The first kappa shape index (κ1) is 17.4. The molecular weight excluding hydrogens is 253 g/mol. The Morgan fingerprint density at radius 3 is 1.40 bits per heavy atom. The first-order valence-electron chi connectivity index (χ1n) is 2.63. The average molecular weight is 256 g/mol. The van der Waals surface area contributed by atoms with Crippen LogP contribution >= 0.6 is 0 Å². The molecule has 88 valence electrons. The second-order valence-corrected chi connectivity index (χ2v) is 3.04. The van der Waals surface area contributed by atoms with Gasteiger partial charge in [0, 0.05) is 0 Å². The SMILES string of the molecule is O=S(=O)(O)OC(C(F)(F)F)C(F)(F)F.[H-].[Li+]. The summed E-state index contributed by atoms with van der Waals surface area (Å²) in [6, 6.07) is 0. The quantitative estimate of drug-likeness (QED) is 0.368.